The summed E-state index contributed by atoms with van der Waals surface area (Å²) in [6, 6.07) is 21.6. The fraction of sp³-hybridized carbons (Fsp3) is 0.345. The largest absolute Gasteiger partial charge is 0.489 e. The SMILES string of the molecule is CS(=O)(=O)NC(=O)c1cc(C2CC2)c(OC2CCCN(Cc3ccc(-c4ccccc4)cc3)C2)cc1F. The molecule has 194 valence electrons. The van der Waals surface area contributed by atoms with Crippen LogP contribution in [0, 0.1) is 5.82 Å². The highest BCUT2D eigenvalue weighted by Gasteiger charge is 2.31. The molecule has 8 heteroatoms. The van der Waals surface area contributed by atoms with E-state index in [4.69, 9.17) is 4.74 Å². The van der Waals surface area contributed by atoms with Crippen molar-refractivity contribution in [1.82, 2.24) is 9.62 Å². The van der Waals surface area contributed by atoms with Gasteiger partial charge in [0.25, 0.3) is 5.91 Å². The van der Waals surface area contributed by atoms with Crippen LogP contribution in [0.15, 0.2) is 66.7 Å². The molecule has 3 aromatic rings. The van der Waals surface area contributed by atoms with E-state index in [1.807, 2.05) is 22.9 Å². The van der Waals surface area contributed by atoms with E-state index in [2.05, 4.69) is 41.3 Å². The Morgan fingerprint density at radius 3 is 2.41 bits per heavy atom. The number of carbonyl (C=O) groups is 1. The van der Waals surface area contributed by atoms with Gasteiger partial charge in [0.05, 0.1) is 11.8 Å². The maximum absolute atomic E-state index is 14.9. The van der Waals surface area contributed by atoms with Crippen LogP contribution in [-0.2, 0) is 16.6 Å². The van der Waals surface area contributed by atoms with Gasteiger partial charge in [-0.15, -0.1) is 0 Å². The van der Waals surface area contributed by atoms with Crippen LogP contribution in [0.5, 0.6) is 5.75 Å². The lowest BCUT2D eigenvalue weighted by Gasteiger charge is -2.33. The first-order valence-corrected chi connectivity index (χ1v) is 14.5. The Hall–Kier alpha value is -3.23. The summed E-state index contributed by atoms with van der Waals surface area (Å²) < 4.78 is 45.9. The number of rotatable bonds is 8. The summed E-state index contributed by atoms with van der Waals surface area (Å²) in [5.74, 6) is -1.10. The molecule has 3 aromatic carbocycles. The third-order valence-corrected chi connectivity index (χ3v) is 7.42. The standard InChI is InChI=1S/C29H31FN2O4S/c1-37(34,35)31-29(33)26-16-25(23-13-14-23)28(17-27(26)30)36-24-8-5-15-32(19-24)18-20-9-11-22(12-10-20)21-6-3-2-4-7-21/h2-4,6-7,9-12,16-17,23-24H,5,8,13-15,18-19H2,1H3,(H,31,33). The summed E-state index contributed by atoms with van der Waals surface area (Å²) in [5, 5.41) is 0. The lowest BCUT2D eigenvalue weighted by Crippen LogP contribution is -2.40. The van der Waals surface area contributed by atoms with E-state index in [0.29, 0.717) is 5.75 Å². The molecule has 2 fully saturated rings. The molecule has 0 spiro atoms. The van der Waals surface area contributed by atoms with Crippen molar-refractivity contribution in [2.75, 3.05) is 19.3 Å². The van der Waals surface area contributed by atoms with E-state index >= 15 is 0 Å². The zero-order chi connectivity index (χ0) is 26.0. The van der Waals surface area contributed by atoms with Gasteiger partial charge >= 0.3 is 0 Å². The predicted octanol–water partition coefficient (Wildman–Crippen LogP) is 5.10. The fourth-order valence-corrected chi connectivity index (χ4v) is 5.36. The van der Waals surface area contributed by atoms with Crippen LogP contribution < -0.4 is 9.46 Å². The molecule has 1 amide bonds. The van der Waals surface area contributed by atoms with Gasteiger partial charge < -0.3 is 4.74 Å². The molecule has 2 aliphatic rings. The van der Waals surface area contributed by atoms with Gasteiger partial charge in [0.2, 0.25) is 10.0 Å². The predicted molar refractivity (Wildman–Crippen MR) is 141 cm³/mol. The number of halogens is 1. The molecular formula is C29H31FN2O4S. The van der Waals surface area contributed by atoms with Crippen molar-refractivity contribution in [1.29, 1.82) is 0 Å². The number of piperidine rings is 1. The van der Waals surface area contributed by atoms with Crippen LogP contribution in [0.3, 0.4) is 0 Å². The highest BCUT2D eigenvalue weighted by molar-refractivity contribution is 7.89. The number of hydrogen-bond acceptors (Lipinski definition) is 5. The van der Waals surface area contributed by atoms with Crippen molar-refractivity contribution < 1.29 is 22.3 Å². The Morgan fingerprint density at radius 1 is 1.03 bits per heavy atom. The maximum Gasteiger partial charge on any atom is 0.267 e. The maximum atomic E-state index is 14.9. The van der Waals surface area contributed by atoms with E-state index in [1.54, 1.807) is 0 Å². The molecular weight excluding hydrogens is 491 g/mol. The summed E-state index contributed by atoms with van der Waals surface area (Å²) in [6.45, 7) is 2.50. The normalized spacial score (nSPS) is 18.4. The molecule has 0 aromatic heterocycles. The van der Waals surface area contributed by atoms with E-state index in [9.17, 15) is 17.6 Å². The average molecular weight is 523 g/mol. The molecule has 1 aliphatic carbocycles. The van der Waals surface area contributed by atoms with Crippen molar-refractivity contribution in [3.63, 3.8) is 0 Å². The summed E-state index contributed by atoms with van der Waals surface area (Å²) >= 11 is 0. The van der Waals surface area contributed by atoms with Crippen molar-refractivity contribution >= 4 is 15.9 Å². The molecule has 0 radical (unpaired) electrons. The van der Waals surface area contributed by atoms with Crippen LogP contribution in [0.1, 0.15) is 53.1 Å². The minimum atomic E-state index is -3.79. The van der Waals surface area contributed by atoms with Crippen molar-refractivity contribution in [3.8, 4) is 16.9 Å². The highest BCUT2D eigenvalue weighted by Crippen LogP contribution is 2.45. The molecule has 1 aliphatic heterocycles. The summed E-state index contributed by atoms with van der Waals surface area (Å²) in [7, 11) is -3.79. The lowest BCUT2D eigenvalue weighted by molar-refractivity contribution is 0.0832. The molecule has 6 nitrogen and oxygen atoms in total. The van der Waals surface area contributed by atoms with Crippen molar-refractivity contribution in [2.45, 2.75) is 44.2 Å². The zero-order valence-corrected chi connectivity index (χ0v) is 21.6. The van der Waals surface area contributed by atoms with E-state index in [1.165, 1.54) is 28.8 Å². The number of nitrogens with one attached hydrogen (secondary N) is 1. The van der Waals surface area contributed by atoms with Gasteiger partial charge in [-0.3, -0.25) is 9.69 Å². The number of likely N-dealkylation sites (tertiary alicyclic amines) is 1. The molecule has 1 heterocycles. The minimum Gasteiger partial charge on any atom is -0.489 e. The number of sulfonamides is 1. The van der Waals surface area contributed by atoms with E-state index < -0.39 is 21.7 Å². The first-order chi connectivity index (χ1) is 17.7. The summed E-state index contributed by atoms with van der Waals surface area (Å²) in [6.07, 6.45) is 4.49. The Labute approximate surface area is 217 Å². The average Bonchev–Trinajstić information content (AvgIpc) is 3.70. The second-order valence-electron chi connectivity index (χ2n) is 10.0. The minimum absolute atomic E-state index is 0.0926. The van der Waals surface area contributed by atoms with Crippen LogP contribution in [-0.4, -0.2) is 44.7 Å². The van der Waals surface area contributed by atoms with Crippen LogP contribution in [0.2, 0.25) is 0 Å². The third-order valence-electron chi connectivity index (χ3n) is 6.86. The van der Waals surface area contributed by atoms with Gasteiger partial charge in [-0.25, -0.2) is 17.5 Å². The monoisotopic (exact) mass is 522 g/mol. The molecule has 1 saturated carbocycles. The van der Waals surface area contributed by atoms with Gasteiger partial charge in [0.15, 0.2) is 0 Å². The van der Waals surface area contributed by atoms with Crippen molar-refractivity contribution in [2.24, 2.45) is 0 Å². The molecule has 1 saturated heterocycles. The Kier molecular flexibility index (Phi) is 7.31. The summed E-state index contributed by atoms with van der Waals surface area (Å²) in [4.78, 5) is 14.7. The molecule has 1 unspecified atom stereocenters. The molecule has 1 N–H and O–H groups in total. The molecule has 1 atom stereocenters. The first-order valence-electron chi connectivity index (χ1n) is 12.6. The fourth-order valence-electron chi connectivity index (χ4n) is 4.91. The van der Waals surface area contributed by atoms with Crippen LogP contribution >= 0.6 is 0 Å². The second kappa shape index (κ2) is 10.6. The lowest BCUT2D eigenvalue weighted by atomic mass is 10.0. The number of amides is 1. The topological polar surface area (TPSA) is 75.7 Å². The zero-order valence-electron chi connectivity index (χ0n) is 20.8. The summed E-state index contributed by atoms with van der Waals surface area (Å²) in [5.41, 5.74) is 4.11. The highest BCUT2D eigenvalue weighted by atomic mass is 32.2. The van der Waals surface area contributed by atoms with Gasteiger partial charge in [-0.05, 0) is 66.5 Å². The quantitative estimate of drug-likeness (QED) is 0.445. The van der Waals surface area contributed by atoms with Crippen molar-refractivity contribution in [3.05, 3.63) is 89.2 Å². The van der Waals surface area contributed by atoms with Gasteiger partial charge in [0.1, 0.15) is 17.7 Å². The number of carbonyl (C=O) groups excluding carboxylic acids is 1. The Balaban J connectivity index is 1.26. The van der Waals surface area contributed by atoms with E-state index in [-0.39, 0.29) is 17.6 Å². The number of benzene rings is 3. The second-order valence-corrected chi connectivity index (χ2v) is 11.8. The Morgan fingerprint density at radius 2 is 1.73 bits per heavy atom. The molecule has 37 heavy (non-hydrogen) atoms. The Bertz CT molecular complexity index is 1370. The van der Waals surface area contributed by atoms with Gasteiger partial charge in [0, 0.05) is 19.2 Å². The number of nitrogens with zero attached hydrogens (tertiary/aromatic N) is 1. The third kappa shape index (κ3) is 6.56. The smallest absolute Gasteiger partial charge is 0.267 e. The van der Waals surface area contributed by atoms with Crippen LogP contribution in [0.25, 0.3) is 11.1 Å². The van der Waals surface area contributed by atoms with E-state index in [0.717, 1.165) is 57.1 Å². The molecule has 0 bridgehead atoms. The van der Waals surface area contributed by atoms with Gasteiger partial charge in [-0.1, -0.05) is 54.6 Å². The number of ether oxygens (including phenoxy) is 1. The molecule has 5 rings (SSSR count). The van der Waals surface area contributed by atoms with Gasteiger partial charge in [-0.2, -0.15) is 0 Å². The first kappa shape index (κ1) is 25.4. The number of hydrogen-bond donors (Lipinski definition) is 1. The van der Waals surface area contributed by atoms with Crippen LogP contribution in [0.4, 0.5) is 4.39 Å².